The lowest BCUT2D eigenvalue weighted by Crippen LogP contribution is -2.44. The van der Waals surface area contributed by atoms with Crippen molar-refractivity contribution < 1.29 is 4.39 Å². The lowest BCUT2D eigenvalue weighted by Gasteiger charge is -2.33. The van der Waals surface area contributed by atoms with E-state index in [2.05, 4.69) is 32.7 Å². The van der Waals surface area contributed by atoms with E-state index in [1.807, 2.05) is 18.2 Å². The van der Waals surface area contributed by atoms with Crippen LogP contribution in [0.5, 0.6) is 0 Å². The number of nitrogens with zero attached hydrogens (tertiary/aromatic N) is 1. The smallest absolute Gasteiger partial charge is 0.142 e. The Morgan fingerprint density at radius 1 is 1.32 bits per heavy atom. The average Bonchev–Trinajstić information content (AvgIpc) is 2.37. The van der Waals surface area contributed by atoms with Crippen LogP contribution in [0.4, 0.5) is 4.39 Å². The molecule has 2 nitrogen and oxygen atoms in total. The van der Waals surface area contributed by atoms with Gasteiger partial charge in [0.05, 0.1) is 10.5 Å². The summed E-state index contributed by atoms with van der Waals surface area (Å²) in [5.74, 6) is -0.184. The molecule has 108 valence electrons. The number of hydrogen-bond donors (Lipinski definition) is 1. The van der Waals surface area contributed by atoms with Gasteiger partial charge in [0.25, 0.3) is 0 Å². The van der Waals surface area contributed by atoms with Crippen molar-refractivity contribution in [1.82, 2.24) is 10.2 Å². The lowest BCUT2D eigenvalue weighted by molar-refractivity contribution is 0.200. The van der Waals surface area contributed by atoms with Gasteiger partial charge < -0.3 is 5.32 Å². The van der Waals surface area contributed by atoms with Crippen molar-refractivity contribution in [3.8, 4) is 0 Å². The van der Waals surface area contributed by atoms with Gasteiger partial charge in [-0.3, -0.25) is 4.90 Å². The fourth-order valence-corrected chi connectivity index (χ4v) is 2.56. The quantitative estimate of drug-likeness (QED) is 0.817. The van der Waals surface area contributed by atoms with Gasteiger partial charge in [0.15, 0.2) is 0 Å². The largest absolute Gasteiger partial charge is 0.314 e. The molecule has 0 aliphatic carbocycles. The van der Waals surface area contributed by atoms with Gasteiger partial charge in [-0.1, -0.05) is 18.2 Å². The van der Waals surface area contributed by atoms with E-state index in [4.69, 9.17) is 0 Å². The summed E-state index contributed by atoms with van der Waals surface area (Å²) >= 11 is 3.23. The molecule has 1 aromatic rings. The molecule has 0 unspecified atom stereocenters. The van der Waals surface area contributed by atoms with Crippen LogP contribution in [0.25, 0.3) is 0 Å². The number of benzene rings is 1. The van der Waals surface area contributed by atoms with Crippen molar-refractivity contribution in [2.75, 3.05) is 26.2 Å². The Bertz CT molecular complexity index is 412. The van der Waals surface area contributed by atoms with Crippen LogP contribution in [-0.2, 0) is 0 Å². The third kappa shape index (κ3) is 4.43. The molecule has 1 fully saturated rings. The predicted molar refractivity (Wildman–Crippen MR) is 86.0 cm³/mol. The highest BCUT2D eigenvalue weighted by Gasteiger charge is 2.22. The second kappa shape index (κ2) is 8.93. The minimum absolute atomic E-state index is 0. The monoisotopic (exact) mass is 370 g/mol. The summed E-state index contributed by atoms with van der Waals surface area (Å²) in [4.78, 5) is 2.24. The van der Waals surface area contributed by atoms with E-state index in [1.54, 1.807) is 6.07 Å². The molecule has 1 atom stereocenters. The molecule has 0 amide bonds. The zero-order valence-electron chi connectivity index (χ0n) is 10.4. The van der Waals surface area contributed by atoms with E-state index in [9.17, 15) is 4.39 Å². The summed E-state index contributed by atoms with van der Waals surface area (Å²) in [6.45, 7) is 7.57. The van der Waals surface area contributed by atoms with E-state index in [0.717, 1.165) is 26.2 Å². The molecule has 1 saturated heterocycles. The number of nitrogens with one attached hydrogen (secondary N) is 1. The Hall–Kier alpha value is -0.130. The fourth-order valence-electron chi connectivity index (χ4n) is 2.18. The Kier molecular flexibility index (Phi) is 8.86. The maximum absolute atomic E-state index is 14.1. The molecule has 0 spiro atoms. The van der Waals surface area contributed by atoms with Gasteiger partial charge in [-0.05, 0) is 22.0 Å². The summed E-state index contributed by atoms with van der Waals surface area (Å²) in [6, 6.07) is 5.36. The van der Waals surface area contributed by atoms with Gasteiger partial charge in [-0.25, -0.2) is 4.39 Å². The molecule has 0 bridgehead atoms. The number of halogens is 4. The van der Waals surface area contributed by atoms with Gasteiger partial charge >= 0.3 is 0 Å². The minimum atomic E-state index is -0.184. The van der Waals surface area contributed by atoms with Crippen LogP contribution in [0.2, 0.25) is 0 Å². The number of hydrogen-bond acceptors (Lipinski definition) is 2. The first-order chi connectivity index (χ1) is 8.24. The molecular weight excluding hydrogens is 354 g/mol. The topological polar surface area (TPSA) is 15.3 Å². The van der Waals surface area contributed by atoms with Gasteiger partial charge in [-0.15, -0.1) is 31.4 Å². The molecule has 2 rings (SSSR count). The van der Waals surface area contributed by atoms with E-state index in [-0.39, 0.29) is 36.7 Å². The van der Waals surface area contributed by atoms with Crippen LogP contribution < -0.4 is 5.32 Å². The van der Waals surface area contributed by atoms with Crippen LogP contribution in [0.1, 0.15) is 11.6 Å². The summed E-state index contributed by atoms with van der Waals surface area (Å²) < 4.78 is 14.6. The first kappa shape index (κ1) is 18.9. The van der Waals surface area contributed by atoms with Crippen molar-refractivity contribution in [1.29, 1.82) is 0 Å². The van der Waals surface area contributed by atoms with Crippen molar-refractivity contribution in [2.45, 2.75) is 6.04 Å². The SMILES string of the molecule is C=C[C@H](c1cccc(Br)c1F)N1CCNCC1.Cl.Cl. The summed E-state index contributed by atoms with van der Waals surface area (Å²) in [5.41, 5.74) is 0.691. The first-order valence-corrected chi connectivity index (χ1v) is 6.54. The van der Waals surface area contributed by atoms with Gasteiger partial charge in [0.1, 0.15) is 5.82 Å². The Balaban J connectivity index is 0.00000162. The number of rotatable bonds is 3. The standard InChI is InChI=1S/C13H16BrFN2.2ClH/c1-2-12(17-8-6-16-7-9-17)10-4-3-5-11(14)13(10)15;;/h2-5,12,16H,1,6-9H2;2*1H/t12-;;/m1../s1. The Labute approximate surface area is 134 Å². The zero-order valence-corrected chi connectivity index (χ0v) is 13.7. The van der Waals surface area contributed by atoms with Gasteiger partial charge in [0, 0.05) is 31.7 Å². The van der Waals surface area contributed by atoms with Crippen molar-refractivity contribution >= 4 is 40.7 Å². The molecule has 1 heterocycles. The van der Waals surface area contributed by atoms with E-state index in [0.29, 0.717) is 10.0 Å². The molecule has 1 aliphatic rings. The number of piperazine rings is 1. The van der Waals surface area contributed by atoms with Crippen LogP contribution in [0, 0.1) is 5.82 Å². The zero-order chi connectivity index (χ0) is 12.3. The van der Waals surface area contributed by atoms with Crippen LogP contribution in [-0.4, -0.2) is 31.1 Å². The second-order valence-electron chi connectivity index (χ2n) is 4.11. The lowest BCUT2D eigenvalue weighted by atomic mass is 10.0. The second-order valence-corrected chi connectivity index (χ2v) is 4.96. The van der Waals surface area contributed by atoms with Crippen molar-refractivity contribution in [3.05, 3.63) is 46.7 Å². The molecular formula is C13H18BrCl2FN2. The summed E-state index contributed by atoms with van der Waals surface area (Å²) in [5, 5.41) is 3.29. The predicted octanol–water partition coefficient (Wildman–Crippen LogP) is 3.56. The van der Waals surface area contributed by atoms with Crippen LogP contribution >= 0.6 is 40.7 Å². The fraction of sp³-hybridized carbons (Fsp3) is 0.385. The maximum atomic E-state index is 14.1. The molecule has 19 heavy (non-hydrogen) atoms. The van der Waals surface area contributed by atoms with Gasteiger partial charge in [-0.2, -0.15) is 0 Å². The Morgan fingerprint density at radius 2 is 1.95 bits per heavy atom. The summed E-state index contributed by atoms with van der Waals surface area (Å²) in [7, 11) is 0. The van der Waals surface area contributed by atoms with Crippen molar-refractivity contribution in [3.63, 3.8) is 0 Å². The van der Waals surface area contributed by atoms with E-state index >= 15 is 0 Å². The molecule has 0 radical (unpaired) electrons. The van der Waals surface area contributed by atoms with Crippen LogP contribution in [0.3, 0.4) is 0 Å². The molecule has 0 aromatic heterocycles. The molecule has 1 aromatic carbocycles. The van der Waals surface area contributed by atoms with Crippen LogP contribution in [0.15, 0.2) is 35.3 Å². The highest BCUT2D eigenvalue weighted by Crippen LogP contribution is 2.28. The van der Waals surface area contributed by atoms with E-state index in [1.165, 1.54) is 0 Å². The molecule has 0 saturated carbocycles. The normalized spacial score (nSPS) is 16.9. The average molecular weight is 372 g/mol. The first-order valence-electron chi connectivity index (χ1n) is 5.75. The molecule has 1 N–H and O–H groups in total. The molecule has 1 aliphatic heterocycles. The van der Waals surface area contributed by atoms with Gasteiger partial charge in [0.2, 0.25) is 0 Å². The molecule has 6 heteroatoms. The highest BCUT2D eigenvalue weighted by atomic mass is 79.9. The third-order valence-electron chi connectivity index (χ3n) is 3.07. The highest BCUT2D eigenvalue weighted by molar-refractivity contribution is 9.10. The summed E-state index contributed by atoms with van der Waals surface area (Å²) in [6.07, 6.45) is 1.82. The minimum Gasteiger partial charge on any atom is -0.314 e. The van der Waals surface area contributed by atoms with Crippen molar-refractivity contribution in [2.24, 2.45) is 0 Å². The van der Waals surface area contributed by atoms with E-state index < -0.39 is 0 Å². The maximum Gasteiger partial charge on any atom is 0.142 e. The third-order valence-corrected chi connectivity index (χ3v) is 3.68. The Morgan fingerprint density at radius 3 is 2.53 bits per heavy atom.